The zero-order valence-electron chi connectivity index (χ0n) is 9.84. The standard InChI is InChI=1S/C13H11BrN2O3/c14-10-4-3-9(11(16-7-17)6-12(18)19)13-8(10)2-1-5-15-13/h1-5,7,11H,6H2,(H,16,17)(H,18,19). The fraction of sp³-hybridized carbons (Fsp3) is 0.154. The van der Waals surface area contributed by atoms with Crippen LogP contribution in [0.25, 0.3) is 10.9 Å². The summed E-state index contributed by atoms with van der Waals surface area (Å²) in [6, 6.07) is 6.68. The number of nitrogens with one attached hydrogen (secondary N) is 1. The lowest BCUT2D eigenvalue weighted by molar-refractivity contribution is -0.137. The summed E-state index contributed by atoms with van der Waals surface area (Å²) in [7, 11) is 0. The second-order valence-electron chi connectivity index (χ2n) is 3.97. The Morgan fingerprint density at radius 3 is 2.95 bits per heavy atom. The molecule has 0 saturated carbocycles. The molecule has 19 heavy (non-hydrogen) atoms. The summed E-state index contributed by atoms with van der Waals surface area (Å²) in [6.45, 7) is 0. The van der Waals surface area contributed by atoms with Crippen molar-refractivity contribution in [2.45, 2.75) is 12.5 Å². The van der Waals surface area contributed by atoms with Gasteiger partial charge in [-0.25, -0.2) is 0 Å². The van der Waals surface area contributed by atoms with Gasteiger partial charge in [0.15, 0.2) is 0 Å². The van der Waals surface area contributed by atoms with Gasteiger partial charge in [0.25, 0.3) is 0 Å². The van der Waals surface area contributed by atoms with Crippen molar-refractivity contribution in [2.75, 3.05) is 0 Å². The van der Waals surface area contributed by atoms with Gasteiger partial charge in [0.2, 0.25) is 6.41 Å². The van der Waals surface area contributed by atoms with E-state index in [0.717, 1.165) is 9.86 Å². The zero-order chi connectivity index (χ0) is 13.8. The first-order chi connectivity index (χ1) is 9.13. The number of rotatable bonds is 5. The highest BCUT2D eigenvalue weighted by Gasteiger charge is 2.18. The summed E-state index contributed by atoms with van der Waals surface area (Å²) in [5, 5.41) is 12.3. The highest BCUT2D eigenvalue weighted by Crippen LogP contribution is 2.29. The molecule has 1 unspecified atom stereocenters. The molecule has 1 atom stereocenters. The SMILES string of the molecule is O=CNC(CC(=O)O)c1ccc(Br)c2cccnc12. The van der Waals surface area contributed by atoms with Gasteiger partial charge in [-0.15, -0.1) is 0 Å². The van der Waals surface area contributed by atoms with Gasteiger partial charge in [-0.2, -0.15) is 0 Å². The van der Waals surface area contributed by atoms with Gasteiger partial charge in [-0.05, 0) is 12.1 Å². The number of carboxylic acids is 1. The third-order valence-corrected chi connectivity index (χ3v) is 3.46. The van der Waals surface area contributed by atoms with Crippen molar-refractivity contribution >= 4 is 39.2 Å². The molecule has 2 N–H and O–H groups in total. The number of benzene rings is 1. The maximum atomic E-state index is 10.9. The number of carbonyl (C=O) groups excluding carboxylic acids is 1. The van der Waals surface area contributed by atoms with E-state index in [1.807, 2.05) is 12.1 Å². The molecule has 1 aromatic heterocycles. The number of fused-ring (bicyclic) bond motifs is 1. The molecule has 5 nitrogen and oxygen atoms in total. The van der Waals surface area contributed by atoms with Crippen molar-refractivity contribution in [3.63, 3.8) is 0 Å². The Balaban J connectivity index is 2.56. The fourth-order valence-corrected chi connectivity index (χ4v) is 2.41. The van der Waals surface area contributed by atoms with Crippen molar-refractivity contribution in [3.05, 3.63) is 40.5 Å². The van der Waals surface area contributed by atoms with E-state index in [9.17, 15) is 9.59 Å². The molecule has 1 aromatic carbocycles. The average molecular weight is 323 g/mol. The number of nitrogens with zero attached hydrogens (tertiary/aromatic N) is 1. The molecule has 2 rings (SSSR count). The molecule has 0 saturated heterocycles. The van der Waals surface area contributed by atoms with E-state index in [1.165, 1.54) is 0 Å². The van der Waals surface area contributed by atoms with Crippen LogP contribution in [0.3, 0.4) is 0 Å². The fourth-order valence-electron chi connectivity index (χ4n) is 1.96. The van der Waals surface area contributed by atoms with Crippen LogP contribution in [0.15, 0.2) is 34.9 Å². The number of pyridine rings is 1. The normalized spacial score (nSPS) is 12.1. The Labute approximate surface area is 117 Å². The molecule has 0 aliphatic rings. The van der Waals surface area contributed by atoms with Gasteiger partial charge in [0.1, 0.15) is 0 Å². The van der Waals surface area contributed by atoms with Crippen LogP contribution in [-0.4, -0.2) is 22.5 Å². The summed E-state index contributed by atoms with van der Waals surface area (Å²) in [4.78, 5) is 25.8. The number of hydrogen-bond acceptors (Lipinski definition) is 3. The van der Waals surface area contributed by atoms with Crippen molar-refractivity contribution in [3.8, 4) is 0 Å². The molecule has 0 aliphatic carbocycles. The van der Waals surface area contributed by atoms with Crippen LogP contribution in [0.5, 0.6) is 0 Å². The summed E-state index contributed by atoms with van der Waals surface area (Å²) in [5.74, 6) is -0.980. The van der Waals surface area contributed by atoms with E-state index in [0.29, 0.717) is 17.5 Å². The van der Waals surface area contributed by atoms with Crippen LogP contribution < -0.4 is 5.32 Å². The van der Waals surface area contributed by atoms with E-state index >= 15 is 0 Å². The topological polar surface area (TPSA) is 79.3 Å². The summed E-state index contributed by atoms with van der Waals surface area (Å²) >= 11 is 3.42. The summed E-state index contributed by atoms with van der Waals surface area (Å²) in [6.07, 6.45) is 1.95. The molecule has 0 radical (unpaired) electrons. The monoisotopic (exact) mass is 322 g/mol. The van der Waals surface area contributed by atoms with Crippen LogP contribution in [0, 0.1) is 0 Å². The molecule has 0 aliphatic heterocycles. The molecule has 98 valence electrons. The van der Waals surface area contributed by atoms with Gasteiger partial charge in [-0.3, -0.25) is 14.6 Å². The van der Waals surface area contributed by atoms with E-state index in [-0.39, 0.29) is 6.42 Å². The van der Waals surface area contributed by atoms with Gasteiger partial charge < -0.3 is 10.4 Å². The Morgan fingerprint density at radius 2 is 2.26 bits per heavy atom. The van der Waals surface area contributed by atoms with Crippen LogP contribution in [0.1, 0.15) is 18.0 Å². The van der Waals surface area contributed by atoms with Crippen molar-refractivity contribution in [1.29, 1.82) is 0 Å². The number of amides is 1. The molecule has 0 spiro atoms. The number of aliphatic carboxylic acids is 1. The average Bonchev–Trinajstić information content (AvgIpc) is 2.39. The molecule has 2 aromatic rings. The number of halogens is 1. The second kappa shape index (κ2) is 5.79. The minimum Gasteiger partial charge on any atom is -0.481 e. The van der Waals surface area contributed by atoms with Crippen molar-refractivity contribution in [1.82, 2.24) is 10.3 Å². The molecule has 6 heteroatoms. The first kappa shape index (κ1) is 13.5. The quantitative estimate of drug-likeness (QED) is 0.827. The number of carboxylic acid groups (broad SMARTS) is 1. The molecular formula is C13H11BrN2O3. The lowest BCUT2D eigenvalue weighted by atomic mass is 10.0. The Morgan fingerprint density at radius 1 is 1.47 bits per heavy atom. The maximum Gasteiger partial charge on any atom is 0.305 e. The van der Waals surface area contributed by atoms with Gasteiger partial charge >= 0.3 is 5.97 Å². The number of aromatic nitrogens is 1. The first-order valence-corrected chi connectivity index (χ1v) is 6.37. The molecular weight excluding hydrogens is 312 g/mol. The number of carbonyl (C=O) groups is 2. The maximum absolute atomic E-state index is 10.9. The first-order valence-electron chi connectivity index (χ1n) is 5.58. The van der Waals surface area contributed by atoms with Gasteiger partial charge in [0, 0.05) is 21.6 Å². The van der Waals surface area contributed by atoms with E-state index in [2.05, 4.69) is 26.2 Å². The van der Waals surface area contributed by atoms with Crippen LogP contribution in [-0.2, 0) is 9.59 Å². The lowest BCUT2D eigenvalue weighted by Crippen LogP contribution is -2.22. The highest BCUT2D eigenvalue weighted by atomic mass is 79.9. The van der Waals surface area contributed by atoms with Crippen LogP contribution in [0.2, 0.25) is 0 Å². The highest BCUT2D eigenvalue weighted by molar-refractivity contribution is 9.10. The van der Waals surface area contributed by atoms with Crippen molar-refractivity contribution < 1.29 is 14.7 Å². The number of hydrogen-bond donors (Lipinski definition) is 2. The molecule has 0 bridgehead atoms. The van der Waals surface area contributed by atoms with Gasteiger partial charge in [0.05, 0.1) is 18.0 Å². The minimum atomic E-state index is -0.980. The largest absolute Gasteiger partial charge is 0.481 e. The molecule has 1 amide bonds. The molecule has 1 heterocycles. The summed E-state index contributed by atoms with van der Waals surface area (Å²) < 4.78 is 0.875. The Kier molecular flexibility index (Phi) is 4.11. The smallest absolute Gasteiger partial charge is 0.305 e. The third-order valence-electron chi connectivity index (χ3n) is 2.77. The van der Waals surface area contributed by atoms with E-state index in [1.54, 1.807) is 18.3 Å². The summed E-state index contributed by atoms with van der Waals surface area (Å²) in [5.41, 5.74) is 1.37. The lowest BCUT2D eigenvalue weighted by Gasteiger charge is -2.16. The van der Waals surface area contributed by atoms with E-state index < -0.39 is 12.0 Å². The minimum absolute atomic E-state index is 0.188. The van der Waals surface area contributed by atoms with Crippen LogP contribution >= 0.6 is 15.9 Å². The van der Waals surface area contributed by atoms with E-state index in [4.69, 9.17) is 5.11 Å². The predicted molar refractivity (Wildman–Crippen MR) is 73.6 cm³/mol. The Hall–Kier alpha value is -1.95. The van der Waals surface area contributed by atoms with Crippen LogP contribution in [0.4, 0.5) is 0 Å². The third kappa shape index (κ3) is 2.90. The second-order valence-corrected chi connectivity index (χ2v) is 4.83. The molecule has 0 fully saturated rings. The van der Waals surface area contributed by atoms with Crippen molar-refractivity contribution in [2.24, 2.45) is 0 Å². The predicted octanol–water partition coefficient (Wildman–Crippen LogP) is 2.26. The Bertz CT molecular complexity index is 630. The zero-order valence-corrected chi connectivity index (χ0v) is 11.4. The van der Waals surface area contributed by atoms with Gasteiger partial charge in [-0.1, -0.05) is 28.1 Å².